The number of benzene rings is 1. The van der Waals surface area contributed by atoms with E-state index in [9.17, 15) is 16.8 Å². The Morgan fingerprint density at radius 1 is 1.11 bits per heavy atom. The van der Waals surface area contributed by atoms with E-state index in [0.717, 1.165) is 5.69 Å². The standard InChI is InChI=1S/C11H16N2O4S2/c12-19(16,17)11-3-1-9(2-4-11)13-10-5-7-18(14,15)8-6-10/h1-4,10,13H,5-8H2,(H2,12,16,17). The molecule has 1 fully saturated rings. The molecule has 3 N–H and O–H groups in total. The topological polar surface area (TPSA) is 106 Å². The Morgan fingerprint density at radius 2 is 1.63 bits per heavy atom. The monoisotopic (exact) mass is 304 g/mol. The third kappa shape index (κ3) is 3.92. The molecule has 0 amide bonds. The van der Waals surface area contributed by atoms with Gasteiger partial charge in [-0.05, 0) is 37.1 Å². The Morgan fingerprint density at radius 3 is 2.11 bits per heavy atom. The molecule has 6 nitrogen and oxygen atoms in total. The largest absolute Gasteiger partial charge is 0.382 e. The normalized spacial score (nSPS) is 20.1. The van der Waals surface area contributed by atoms with Crippen LogP contribution in [0.4, 0.5) is 5.69 Å². The van der Waals surface area contributed by atoms with Crippen LogP contribution in [0.5, 0.6) is 0 Å². The third-order valence-electron chi connectivity index (χ3n) is 3.11. The Labute approximate surface area is 113 Å². The van der Waals surface area contributed by atoms with Gasteiger partial charge in [0.1, 0.15) is 9.84 Å². The molecule has 0 unspecified atom stereocenters. The summed E-state index contributed by atoms with van der Waals surface area (Å²) in [5, 5.41) is 8.20. The molecule has 19 heavy (non-hydrogen) atoms. The van der Waals surface area contributed by atoms with Gasteiger partial charge in [0, 0.05) is 11.7 Å². The van der Waals surface area contributed by atoms with Gasteiger partial charge in [0.05, 0.1) is 16.4 Å². The molecule has 0 saturated carbocycles. The number of sulfone groups is 1. The van der Waals surface area contributed by atoms with Gasteiger partial charge in [-0.25, -0.2) is 22.0 Å². The van der Waals surface area contributed by atoms with Crippen molar-refractivity contribution < 1.29 is 16.8 Å². The molecule has 0 spiro atoms. The highest BCUT2D eigenvalue weighted by Gasteiger charge is 2.23. The summed E-state index contributed by atoms with van der Waals surface area (Å²) in [5.74, 6) is 0.389. The van der Waals surface area contributed by atoms with E-state index in [-0.39, 0.29) is 22.4 Å². The molecule has 106 valence electrons. The van der Waals surface area contributed by atoms with Gasteiger partial charge in [0.25, 0.3) is 0 Å². The quantitative estimate of drug-likeness (QED) is 0.836. The van der Waals surface area contributed by atoms with E-state index in [2.05, 4.69) is 5.32 Å². The first kappa shape index (κ1) is 14.3. The Balaban J connectivity index is 2.01. The highest BCUT2D eigenvalue weighted by molar-refractivity contribution is 7.91. The summed E-state index contributed by atoms with van der Waals surface area (Å²) in [4.78, 5) is 0.0595. The van der Waals surface area contributed by atoms with Crippen LogP contribution >= 0.6 is 0 Å². The van der Waals surface area contributed by atoms with Crippen LogP contribution in [-0.2, 0) is 19.9 Å². The van der Waals surface area contributed by atoms with Crippen molar-refractivity contribution in [3.8, 4) is 0 Å². The summed E-state index contributed by atoms with van der Waals surface area (Å²) >= 11 is 0. The maximum atomic E-state index is 11.3. The zero-order valence-corrected chi connectivity index (χ0v) is 11.9. The molecular formula is C11H16N2O4S2. The van der Waals surface area contributed by atoms with E-state index < -0.39 is 19.9 Å². The van der Waals surface area contributed by atoms with E-state index in [1.165, 1.54) is 12.1 Å². The van der Waals surface area contributed by atoms with Crippen LogP contribution in [0.2, 0.25) is 0 Å². The summed E-state index contributed by atoms with van der Waals surface area (Å²) in [6, 6.07) is 6.21. The number of nitrogens with two attached hydrogens (primary N) is 1. The Kier molecular flexibility index (Phi) is 3.84. The van der Waals surface area contributed by atoms with Crippen LogP contribution in [0.3, 0.4) is 0 Å². The molecule has 1 heterocycles. The SMILES string of the molecule is NS(=O)(=O)c1ccc(NC2CCS(=O)(=O)CC2)cc1. The lowest BCUT2D eigenvalue weighted by molar-refractivity contribution is 0.559. The number of sulfonamides is 1. The minimum absolute atomic E-state index is 0.0595. The van der Waals surface area contributed by atoms with Gasteiger partial charge < -0.3 is 5.32 Å². The average Bonchev–Trinajstić information content (AvgIpc) is 2.31. The number of nitrogens with one attached hydrogen (secondary N) is 1. The first-order valence-corrected chi connectivity index (χ1v) is 9.23. The molecule has 1 aromatic rings. The Bertz CT molecular complexity index is 636. The summed E-state index contributed by atoms with van der Waals surface area (Å²) < 4.78 is 44.8. The van der Waals surface area contributed by atoms with Gasteiger partial charge in [-0.2, -0.15) is 0 Å². The molecule has 0 atom stereocenters. The average molecular weight is 304 g/mol. The van der Waals surface area contributed by atoms with E-state index in [1.54, 1.807) is 12.1 Å². The minimum Gasteiger partial charge on any atom is -0.382 e. The molecule has 1 saturated heterocycles. The molecule has 1 aliphatic rings. The number of hydrogen-bond donors (Lipinski definition) is 2. The highest BCUT2D eigenvalue weighted by atomic mass is 32.2. The zero-order chi connectivity index (χ0) is 14.1. The van der Waals surface area contributed by atoms with Crippen LogP contribution in [0.1, 0.15) is 12.8 Å². The van der Waals surface area contributed by atoms with Gasteiger partial charge >= 0.3 is 0 Å². The van der Waals surface area contributed by atoms with E-state index in [4.69, 9.17) is 5.14 Å². The predicted octanol–water partition coefficient (Wildman–Crippen LogP) is 0.323. The fourth-order valence-corrected chi connectivity index (χ4v) is 4.02. The van der Waals surface area contributed by atoms with Crippen molar-refractivity contribution in [3.05, 3.63) is 24.3 Å². The van der Waals surface area contributed by atoms with Gasteiger partial charge in [-0.3, -0.25) is 0 Å². The van der Waals surface area contributed by atoms with Crippen molar-refractivity contribution in [2.75, 3.05) is 16.8 Å². The number of hydrogen-bond acceptors (Lipinski definition) is 5. The lowest BCUT2D eigenvalue weighted by atomic mass is 10.1. The predicted molar refractivity (Wildman–Crippen MR) is 73.1 cm³/mol. The lowest BCUT2D eigenvalue weighted by Crippen LogP contribution is -2.32. The molecular weight excluding hydrogens is 288 g/mol. The zero-order valence-electron chi connectivity index (χ0n) is 10.2. The van der Waals surface area contributed by atoms with Crippen molar-refractivity contribution >= 4 is 25.5 Å². The maximum Gasteiger partial charge on any atom is 0.238 e. The summed E-state index contributed by atoms with van der Waals surface area (Å²) in [7, 11) is -6.55. The van der Waals surface area contributed by atoms with Gasteiger partial charge in [0.15, 0.2) is 0 Å². The van der Waals surface area contributed by atoms with Crippen LogP contribution in [0.25, 0.3) is 0 Å². The van der Waals surface area contributed by atoms with Crippen LogP contribution in [0.15, 0.2) is 29.2 Å². The number of rotatable bonds is 3. The molecule has 0 aliphatic carbocycles. The van der Waals surface area contributed by atoms with Crippen molar-refractivity contribution in [2.45, 2.75) is 23.8 Å². The fourth-order valence-electron chi connectivity index (χ4n) is 2.01. The maximum absolute atomic E-state index is 11.3. The first-order valence-electron chi connectivity index (χ1n) is 5.86. The minimum atomic E-state index is -3.68. The summed E-state index contributed by atoms with van der Waals surface area (Å²) in [6.45, 7) is 0. The molecule has 1 aromatic carbocycles. The van der Waals surface area contributed by atoms with E-state index >= 15 is 0 Å². The van der Waals surface area contributed by atoms with Gasteiger partial charge in [0.2, 0.25) is 10.0 Å². The molecule has 8 heteroatoms. The van der Waals surface area contributed by atoms with Crippen LogP contribution in [0, 0.1) is 0 Å². The van der Waals surface area contributed by atoms with Crippen molar-refractivity contribution in [1.82, 2.24) is 0 Å². The first-order chi connectivity index (χ1) is 8.76. The molecule has 0 aromatic heterocycles. The molecule has 0 bridgehead atoms. The second kappa shape index (κ2) is 5.10. The summed E-state index contributed by atoms with van der Waals surface area (Å²) in [5.41, 5.74) is 0.761. The third-order valence-corrected chi connectivity index (χ3v) is 5.75. The van der Waals surface area contributed by atoms with Crippen molar-refractivity contribution in [1.29, 1.82) is 0 Å². The molecule has 0 radical (unpaired) electrons. The molecule has 2 rings (SSSR count). The number of anilines is 1. The highest BCUT2D eigenvalue weighted by Crippen LogP contribution is 2.19. The van der Waals surface area contributed by atoms with E-state index in [0.29, 0.717) is 12.8 Å². The van der Waals surface area contributed by atoms with E-state index in [1.807, 2.05) is 0 Å². The van der Waals surface area contributed by atoms with Gasteiger partial charge in [-0.15, -0.1) is 0 Å². The number of primary sulfonamides is 1. The van der Waals surface area contributed by atoms with Crippen LogP contribution in [-0.4, -0.2) is 34.4 Å². The Hall–Kier alpha value is -1.12. The summed E-state index contributed by atoms with van der Waals surface area (Å²) in [6.07, 6.45) is 1.14. The second-order valence-corrected chi connectivity index (χ2v) is 8.50. The van der Waals surface area contributed by atoms with Crippen molar-refractivity contribution in [2.24, 2.45) is 5.14 Å². The second-order valence-electron chi connectivity index (χ2n) is 4.64. The van der Waals surface area contributed by atoms with Crippen LogP contribution < -0.4 is 10.5 Å². The van der Waals surface area contributed by atoms with Crippen molar-refractivity contribution in [3.63, 3.8) is 0 Å². The smallest absolute Gasteiger partial charge is 0.238 e. The lowest BCUT2D eigenvalue weighted by Gasteiger charge is -2.24. The van der Waals surface area contributed by atoms with Gasteiger partial charge in [-0.1, -0.05) is 0 Å². The molecule has 1 aliphatic heterocycles. The fraction of sp³-hybridized carbons (Fsp3) is 0.455.